The molecule has 2 aliphatic heterocycles. The van der Waals surface area contributed by atoms with Gasteiger partial charge in [-0.2, -0.15) is 5.10 Å². The van der Waals surface area contributed by atoms with E-state index in [1.165, 1.54) is 0 Å². The van der Waals surface area contributed by atoms with E-state index in [9.17, 15) is 4.79 Å². The van der Waals surface area contributed by atoms with Crippen molar-refractivity contribution in [2.75, 3.05) is 13.4 Å². The Kier molecular flexibility index (Phi) is 3.89. The Hall–Kier alpha value is -3.22. The second-order valence-corrected chi connectivity index (χ2v) is 5.61. The Morgan fingerprint density at radius 1 is 1.04 bits per heavy atom. The minimum absolute atomic E-state index is 0.140. The minimum atomic E-state index is -0.747. The molecule has 0 aliphatic carbocycles. The molecule has 2 aromatic rings. The molecule has 0 aromatic heterocycles. The molecule has 4 rings (SSSR count). The van der Waals surface area contributed by atoms with E-state index < -0.39 is 6.10 Å². The molecule has 2 aromatic carbocycles. The van der Waals surface area contributed by atoms with Crippen LogP contribution in [0.1, 0.15) is 12.5 Å². The standard InChI is InChI=1S/C18H16N2O5/c1-11(12-6-7-14-16(8-12)24-10-23-14)19-20-18(21)17-9-22-13-4-2-3-5-15(13)25-17/h2-8,17H,9-10H2,1H3,(H,20,21)/b19-11-/t17-/m0/s1. The third-order valence-corrected chi connectivity index (χ3v) is 3.93. The summed E-state index contributed by atoms with van der Waals surface area (Å²) in [6.45, 7) is 2.15. The molecular weight excluding hydrogens is 324 g/mol. The fourth-order valence-electron chi connectivity index (χ4n) is 2.55. The number of fused-ring (bicyclic) bond motifs is 2. The van der Waals surface area contributed by atoms with Gasteiger partial charge in [-0.1, -0.05) is 12.1 Å². The molecule has 0 unspecified atom stereocenters. The highest BCUT2D eigenvalue weighted by atomic mass is 16.7. The smallest absolute Gasteiger partial charge is 0.284 e. The van der Waals surface area contributed by atoms with Gasteiger partial charge in [0.15, 0.2) is 23.0 Å². The normalized spacial score (nSPS) is 18.0. The zero-order valence-corrected chi connectivity index (χ0v) is 13.5. The molecule has 0 radical (unpaired) electrons. The highest BCUT2D eigenvalue weighted by Gasteiger charge is 2.27. The molecule has 7 nitrogen and oxygen atoms in total. The largest absolute Gasteiger partial charge is 0.485 e. The van der Waals surface area contributed by atoms with Crippen molar-refractivity contribution in [1.82, 2.24) is 5.43 Å². The van der Waals surface area contributed by atoms with Gasteiger partial charge in [-0.05, 0) is 37.3 Å². The summed E-state index contributed by atoms with van der Waals surface area (Å²) in [7, 11) is 0. The van der Waals surface area contributed by atoms with Crippen molar-refractivity contribution in [1.29, 1.82) is 0 Å². The van der Waals surface area contributed by atoms with Crippen molar-refractivity contribution in [2.24, 2.45) is 5.10 Å². The van der Waals surface area contributed by atoms with Gasteiger partial charge in [0, 0.05) is 5.56 Å². The predicted molar refractivity (Wildman–Crippen MR) is 89.3 cm³/mol. The number of ether oxygens (including phenoxy) is 4. The second kappa shape index (κ2) is 6.35. The van der Waals surface area contributed by atoms with Crippen LogP contribution in [0.15, 0.2) is 47.6 Å². The lowest BCUT2D eigenvalue weighted by atomic mass is 10.1. The summed E-state index contributed by atoms with van der Waals surface area (Å²) in [6.07, 6.45) is -0.747. The summed E-state index contributed by atoms with van der Waals surface area (Å²) >= 11 is 0. The highest BCUT2D eigenvalue weighted by molar-refractivity contribution is 6.00. The van der Waals surface area contributed by atoms with Crippen LogP contribution in [0.3, 0.4) is 0 Å². The Balaban J connectivity index is 1.42. The molecule has 128 valence electrons. The van der Waals surface area contributed by atoms with Crippen LogP contribution < -0.4 is 24.4 Å². The van der Waals surface area contributed by atoms with E-state index in [-0.39, 0.29) is 19.3 Å². The van der Waals surface area contributed by atoms with E-state index in [1.807, 2.05) is 30.3 Å². The summed E-state index contributed by atoms with van der Waals surface area (Å²) in [6, 6.07) is 12.7. The van der Waals surface area contributed by atoms with E-state index in [0.29, 0.717) is 28.7 Å². The second-order valence-electron chi connectivity index (χ2n) is 5.61. The number of carbonyl (C=O) groups excluding carboxylic acids is 1. The molecule has 1 amide bonds. The number of rotatable bonds is 3. The third kappa shape index (κ3) is 3.08. The fourth-order valence-corrected chi connectivity index (χ4v) is 2.55. The van der Waals surface area contributed by atoms with Gasteiger partial charge in [0.1, 0.15) is 6.61 Å². The average molecular weight is 340 g/mol. The topological polar surface area (TPSA) is 78.4 Å². The molecular formula is C18H16N2O5. The first kappa shape index (κ1) is 15.3. The monoisotopic (exact) mass is 340 g/mol. The number of hydrogen-bond acceptors (Lipinski definition) is 6. The Labute approximate surface area is 144 Å². The minimum Gasteiger partial charge on any atom is -0.485 e. The maximum Gasteiger partial charge on any atom is 0.284 e. The third-order valence-electron chi connectivity index (χ3n) is 3.93. The molecule has 0 fully saturated rings. The van der Waals surface area contributed by atoms with Gasteiger partial charge in [-0.25, -0.2) is 5.43 Å². The number of benzene rings is 2. The fraction of sp³-hybridized carbons (Fsp3) is 0.222. The van der Waals surface area contributed by atoms with Gasteiger partial charge in [0.05, 0.1) is 5.71 Å². The van der Waals surface area contributed by atoms with E-state index >= 15 is 0 Å². The van der Waals surface area contributed by atoms with Gasteiger partial charge in [-0.15, -0.1) is 0 Å². The maximum atomic E-state index is 12.3. The molecule has 0 saturated heterocycles. The number of carbonyl (C=O) groups is 1. The van der Waals surface area contributed by atoms with Crippen molar-refractivity contribution in [3.8, 4) is 23.0 Å². The van der Waals surface area contributed by atoms with Crippen molar-refractivity contribution in [3.05, 3.63) is 48.0 Å². The van der Waals surface area contributed by atoms with Crippen molar-refractivity contribution < 1.29 is 23.7 Å². The molecule has 2 heterocycles. The lowest BCUT2D eigenvalue weighted by Gasteiger charge is -2.24. The van der Waals surface area contributed by atoms with Gasteiger partial charge < -0.3 is 18.9 Å². The summed E-state index contributed by atoms with van der Waals surface area (Å²) in [5.41, 5.74) is 3.99. The number of hydrogen-bond donors (Lipinski definition) is 1. The van der Waals surface area contributed by atoms with E-state index in [4.69, 9.17) is 18.9 Å². The quantitative estimate of drug-likeness (QED) is 0.684. The molecule has 0 saturated carbocycles. The zero-order chi connectivity index (χ0) is 17.2. The van der Waals surface area contributed by atoms with Crippen LogP contribution in [0.25, 0.3) is 0 Å². The molecule has 1 atom stereocenters. The van der Waals surface area contributed by atoms with E-state index in [2.05, 4.69) is 10.5 Å². The lowest BCUT2D eigenvalue weighted by Crippen LogP contribution is -2.42. The summed E-state index contributed by atoms with van der Waals surface area (Å²) < 4.78 is 21.8. The Bertz CT molecular complexity index is 849. The molecule has 25 heavy (non-hydrogen) atoms. The van der Waals surface area contributed by atoms with Crippen LogP contribution in [0.4, 0.5) is 0 Å². The van der Waals surface area contributed by atoms with Crippen molar-refractivity contribution >= 4 is 11.6 Å². The molecule has 2 aliphatic rings. The number of nitrogens with zero attached hydrogens (tertiary/aromatic N) is 1. The first-order valence-corrected chi connectivity index (χ1v) is 7.83. The number of amides is 1. The summed E-state index contributed by atoms with van der Waals surface area (Å²) in [5, 5.41) is 4.14. The first-order valence-electron chi connectivity index (χ1n) is 7.83. The van der Waals surface area contributed by atoms with Gasteiger partial charge >= 0.3 is 0 Å². The van der Waals surface area contributed by atoms with Crippen LogP contribution in [-0.2, 0) is 4.79 Å². The predicted octanol–water partition coefficient (Wildman–Crippen LogP) is 2.10. The number of nitrogens with one attached hydrogen (secondary N) is 1. The summed E-state index contributed by atoms with van der Waals surface area (Å²) in [4.78, 5) is 12.3. The van der Waals surface area contributed by atoms with Gasteiger partial charge in [-0.3, -0.25) is 4.79 Å². The van der Waals surface area contributed by atoms with Crippen molar-refractivity contribution in [2.45, 2.75) is 13.0 Å². The first-order chi connectivity index (χ1) is 12.2. The van der Waals surface area contributed by atoms with Gasteiger partial charge in [0.25, 0.3) is 5.91 Å². The SMILES string of the molecule is C/C(=N/NC(=O)[C@@H]1COc2ccccc2O1)c1ccc2c(c1)OCO2. The molecule has 0 bridgehead atoms. The van der Waals surface area contributed by atoms with Crippen LogP contribution >= 0.6 is 0 Å². The highest BCUT2D eigenvalue weighted by Crippen LogP contribution is 2.33. The number of hydrazone groups is 1. The average Bonchev–Trinajstić information content (AvgIpc) is 3.13. The zero-order valence-electron chi connectivity index (χ0n) is 13.5. The van der Waals surface area contributed by atoms with Crippen LogP contribution in [-0.4, -0.2) is 31.1 Å². The van der Waals surface area contributed by atoms with E-state index in [1.54, 1.807) is 19.1 Å². The molecule has 1 N–H and O–H groups in total. The van der Waals surface area contributed by atoms with Crippen molar-refractivity contribution in [3.63, 3.8) is 0 Å². The maximum absolute atomic E-state index is 12.3. The lowest BCUT2D eigenvalue weighted by molar-refractivity contribution is -0.130. The molecule has 7 heteroatoms. The molecule has 0 spiro atoms. The van der Waals surface area contributed by atoms with Crippen LogP contribution in [0.2, 0.25) is 0 Å². The Morgan fingerprint density at radius 2 is 1.80 bits per heavy atom. The number of para-hydroxylation sites is 2. The summed E-state index contributed by atoms with van der Waals surface area (Å²) in [5.74, 6) is 2.18. The van der Waals surface area contributed by atoms with E-state index in [0.717, 1.165) is 5.56 Å². The van der Waals surface area contributed by atoms with Crippen LogP contribution in [0.5, 0.6) is 23.0 Å². The van der Waals surface area contributed by atoms with Gasteiger partial charge in [0.2, 0.25) is 12.9 Å². The Morgan fingerprint density at radius 3 is 2.68 bits per heavy atom. The van der Waals surface area contributed by atoms with Crippen LogP contribution in [0, 0.1) is 0 Å².